The van der Waals surface area contributed by atoms with E-state index in [0.717, 1.165) is 51.5 Å². The maximum atomic E-state index is 14.5. The van der Waals surface area contributed by atoms with Crippen molar-refractivity contribution in [3.8, 4) is 17.2 Å². The minimum Gasteiger partial charge on any atom is -0.493 e. The number of hydrogen-bond donors (Lipinski definition) is 2. The second-order valence-electron chi connectivity index (χ2n) is 10.7. The van der Waals surface area contributed by atoms with E-state index < -0.39 is 5.82 Å². The van der Waals surface area contributed by atoms with Crippen molar-refractivity contribution in [3.63, 3.8) is 0 Å². The Morgan fingerprint density at radius 1 is 0.976 bits per heavy atom. The van der Waals surface area contributed by atoms with Gasteiger partial charge >= 0.3 is 0 Å². The number of ether oxygens (including phenoxy) is 4. The van der Waals surface area contributed by atoms with E-state index in [1.807, 2.05) is 6.07 Å². The van der Waals surface area contributed by atoms with Gasteiger partial charge in [0.1, 0.15) is 17.7 Å². The fourth-order valence-corrected chi connectivity index (χ4v) is 5.48. The van der Waals surface area contributed by atoms with Gasteiger partial charge < -0.3 is 29.6 Å². The number of fused-ring (bicyclic) bond motifs is 5. The number of aryl methyl sites for hydroxylation is 1. The summed E-state index contributed by atoms with van der Waals surface area (Å²) in [4.78, 5) is 30.4. The quantitative estimate of drug-likeness (QED) is 0.574. The summed E-state index contributed by atoms with van der Waals surface area (Å²) in [5, 5.41) is 5.98. The van der Waals surface area contributed by atoms with Crippen molar-refractivity contribution in [2.24, 2.45) is 0 Å². The van der Waals surface area contributed by atoms with E-state index in [4.69, 9.17) is 18.9 Å². The Hall–Kier alpha value is -3.41. The van der Waals surface area contributed by atoms with E-state index in [1.165, 1.54) is 12.1 Å². The van der Waals surface area contributed by atoms with Gasteiger partial charge in [0.25, 0.3) is 5.91 Å². The van der Waals surface area contributed by atoms with E-state index in [9.17, 15) is 14.0 Å². The van der Waals surface area contributed by atoms with E-state index in [0.29, 0.717) is 42.2 Å². The van der Waals surface area contributed by atoms with Crippen LogP contribution < -0.4 is 24.8 Å². The van der Waals surface area contributed by atoms with Crippen LogP contribution in [0.15, 0.2) is 36.4 Å². The van der Waals surface area contributed by atoms with Crippen molar-refractivity contribution >= 4 is 11.8 Å². The first-order chi connectivity index (χ1) is 19.9. The lowest BCUT2D eigenvalue weighted by molar-refractivity contribution is -0.125. The molecule has 2 atom stereocenters. The van der Waals surface area contributed by atoms with E-state index in [1.54, 1.807) is 25.3 Å². The number of hydrogen-bond acceptors (Lipinski definition) is 8. The molecule has 4 bridgehead atoms. The van der Waals surface area contributed by atoms with Crippen molar-refractivity contribution < 1.29 is 32.9 Å². The van der Waals surface area contributed by atoms with Crippen LogP contribution in [0.25, 0.3) is 0 Å². The van der Waals surface area contributed by atoms with Crippen LogP contribution in [-0.2, 0) is 27.3 Å². The van der Waals surface area contributed by atoms with Crippen molar-refractivity contribution in [1.82, 2.24) is 20.4 Å². The summed E-state index contributed by atoms with van der Waals surface area (Å²) in [5.41, 5.74) is 1.49. The first kappa shape index (κ1) is 29.1. The number of nitrogens with one attached hydrogen (secondary N) is 2. The zero-order valence-corrected chi connectivity index (χ0v) is 23.5. The number of amides is 2. The summed E-state index contributed by atoms with van der Waals surface area (Å²) >= 11 is 0. The van der Waals surface area contributed by atoms with Crippen LogP contribution in [0.4, 0.5) is 4.39 Å². The maximum absolute atomic E-state index is 14.5. The molecular weight excluding hydrogens is 531 g/mol. The summed E-state index contributed by atoms with van der Waals surface area (Å²) < 4.78 is 37.6. The Labute approximate surface area is 240 Å². The fraction of sp³-hybridized carbons (Fsp3) is 0.533. The zero-order valence-electron chi connectivity index (χ0n) is 23.5. The standard InChI is InChI=1S/C30H39FN4O6/c1-38-27-4-2-21-3-5-29(36)32-18-22-14-23(31)17-24(15-22)41-26-6-7-35(9-8-34-10-12-39-13-11-34)19-25(26)33-30(37)20-40-28(27)16-21/h2,4,14-17,25-26H,3,5-13,18-20H2,1H3,(H,32,36)(H,33,37)/t25-,26-/m1/s1. The highest BCUT2D eigenvalue weighted by molar-refractivity contribution is 5.78. The van der Waals surface area contributed by atoms with Crippen molar-refractivity contribution in [2.45, 2.75) is 38.0 Å². The molecule has 41 heavy (non-hydrogen) atoms. The molecule has 0 aliphatic carbocycles. The summed E-state index contributed by atoms with van der Waals surface area (Å²) in [6.45, 7) is 6.50. The Bertz CT molecular complexity index is 1210. The second-order valence-corrected chi connectivity index (χ2v) is 10.7. The van der Waals surface area contributed by atoms with Crippen LogP contribution in [0.1, 0.15) is 24.0 Å². The average Bonchev–Trinajstić information content (AvgIpc) is 2.98. The second kappa shape index (κ2) is 14.0. The van der Waals surface area contributed by atoms with Crippen molar-refractivity contribution in [3.05, 3.63) is 53.3 Å². The van der Waals surface area contributed by atoms with Crippen LogP contribution in [-0.4, -0.2) is 100.0 Å². The zero-order chi connectivity index (χ0) is 28.6. The molecule has 2 aromatic rings. The lowest BCUT2D eigenvalue weighted by Gasteiger charge is -2.39. The molecule has 11 heteroatoms. The molecule has 3 aliphatic heterocycles. The smallest absolute Gasteiger partial charge is 0.258 e. The summed E-state index contributed by atoms with van der Waals surface area (Å²) in [6.07, 6.45) is 1.02. The highest BCUT2D eigenvalue weighted by atomic mass is 19.1. The topological polar surface area (TPSA) is 102 Å². The third kappa shape index (κ3) is 8.31. The Kier molecular flexibility index (Phi) is 9.92. The summed E-state index contributed by atoms with van der Waals surface area (Å²) in [6, 6.07) is 9.58. The predicted molar refractivity (Wildman–Crippen MR) is 150 cm³/mol. The molecule has 222 valence electrons. The molecule has 2 fully saturated rings. The normalized spacial score (nSPS) is 23.1. The average molecular weight is 571 g/mol. The van der Waals surface area contributed by atoms with Gasteiger partial charge in [-0.3, -0.25) is 19.4 Å². The van der Waals surface area contributed by atoms with Gasteiger partial charge in [0.15, 0.2) is 18.1 Å². The van der Waals surface area contributed by atoms with Crippen molar-refractivity contribution in [1.29, 1.82) is 0 Å². The van der Waals surface area contributed by atoms with Crippen LogP contribution in [0.3, 0.4) is 0 Å². The molecule has 3 aliphatic rings. The molecule has 0 unspecified atom stereocenters. The molecule has 0 spiro atoms. The molecule has 2 aromatic carbocycles. The van der Waals surface area contributed by atoms with E-state index in [2.05, 4.69) is 20.4 Å². The van der Waals surface area contributed by atoms with Crippen LogP contribution in [0, 0.1) is 5.82 Å². The fourth-order valence-electron chi connectivity index (χ4n) is 5.48. The lowest BCUT2D eigenvalue weighted by Crippen LogP contribution is -2.58. The molecule has 0 saturated carbocycles. The first-order valence-corrected chi connectivity index (χ1v) is 14.3. The van der Waals surface area contributed by atoms with Crippen LogP contribution in [0.5, 0.6) is 17.2 Å². The number of methoxy groups -OCH3 is 1. The predicted octanol–water partition coefficient (Wildman–Crippen LogP) is 1.75. The van der Waals surface area contributed by atoms with Gasteiger partial charge in [-0.15, -0.1) is 0 Å². The summed E-state index contributed by atoms with van der Waals surface area (Å²) in [5.74, 6) is 0.442. The number of carbonyl (C=O) groups excluding carboxylic acids is 2. The molecule has 2 amide bonds. The molecule has 5 rings (SSSR count). The number of piperidine rings is 1. The molecular formula is C30H39FN4O6. The maximum Gasteiger partial charge on any atom is 0.258 e. The van der Waals surface area contributed by atoms with Crippen LogP contribution >= 0.6 is 0 Å². The van der Waals surface area contributed by atoms with E-state index in [-0.39, 0.29) is 43.5 Å². The SMILES string of the molecule is COc1ccc2cc1OCC(=O)N[C@@H]1CN(CCN3CCOCC3)CC[C@H]1Oc1cc(F)cc(c1)CNC(=O)CC2. The summed E-state index contributed by atoms with van der Waals surface area (Å²) in [7, 11) is 1.54. The minimum atomic E-state index is -0.441. The first-order valence-electron chi connectivity index (χ1n) is 14.3. The molecule has 3 heterocycles. The minimum absolute atomic E-state index is 0.153. The molecule has 0 aromatic heterocycles. The third-order valence-corrected chi connectivity index (χ3v) is 7.75. The third-order valence-electron chi connectivity index (χ3n) is 7.75. The van der Waals surface area contributed by atoms with Gasteiger partial charge in [-0.1, -0.05) is 6.07 Å². The number of rotatable bonds is 4. The van der Waals surface area contributed by atoms with Gasteiger partial charge in [-0.25, -0.2) is 4.39 Å². The lowest BCUT2D eigenvalue weighted by atomic mass is 10.0. The van der Waals surface area contributed by atoms with Gasteiger partial charge in [-0.05, 0) is 48.2 Å². The molecule has 10 nitrogen and oxygen atoms in total. The number of benzene rings is 2. The van der Waals surface area contributed by atoms with E-state index >= 15 is 0 Å². The number of nitrogens with zero attached hydrogens (tertiary/aromatic N) is 2. The Balaban J connectivity index is 1.34. The monoisotopic (exact) mass is 570 g/mol. The number of morpholine rings is 1. The van der Waals surface area contributed by atoms with Gasteiger partial charge in [-0.2, -0.15) is 0 Å². The van der Waals surface area contributed by atoms with Gasteiger partial charge in [0, 0.05) is 58.3 Å². The molecule has 2 N–H and O–H groups in total. The molecule has 2 saturated heterocycles. The highest BCUT2D eigenvalue weighted by Crippen LogP contribution is 2.29. The molecule has 0 radical (unpaired) electrons. The van der Waals surface area contributed by atoms with Crippen LogP contribution in [0.2, 0.25) is 0 Å². The Morgan fingerprint density at radius 2 is 1.80 bits per heavy atom. The Morgan fingerprint density at radius 3 is 2.63 bits per heavy atom. The highest BCUT2D eigenvalue weighted by Gasteiger charge is 2.32. The van der Waals surface area contributed by atoms with Gasteiger partial charge in [0.05, 0.1) is 26.4 Å². The number of carbonyl (C=O) groups is 2. The number of halogens is 1. The van der Waals surface area contributed by atoms with Crippen molar-refractivity contribution in [2.75, 3.05) is 66.2 Å². The van der Waals surface area contributed by atoms with Gasteiger partial charge in [0.2, 0.25) is 5.91 Å². The largest absolute Gasteiger partial charge is 0.493 e. The number of likely N-dealkylation sites (tertiary alicyclic amines) is 1.